The zero-order chi connectivity index (χ0) is 14.0. The van der Waals surface area contributed by atoms with Gasteiger partial charge in [-0.3, -0.25) is 0 Å². The maximum atomic E-state index is 11.1. The van der Waals surface area contributed by atoms with Crippen molar-refractivity contribution < 1.29 is 19.4 Å². The Bertz CT molecular complexity index is 621. The minimum atomic E-state index is -1.03. The number of rotatable bonds is 4. The number of methoxy groups -OCH3 is 2. The molecule has 0 saturated carbocycles. The van der Waals surface area contributed by atoms with Crippen molar-refractivity contribution in [3.8, 4) is 17.2 Å². The first-order valence-electron chi connectivity index (χ1n) is 5.41. The first-order chi connectivity index (χ1) is 9.08. The van der Waals surface area contributed by atoms with Crippen molar-refractivity contribution >= 4 is 17.6 Å². The minimum Gasteiger partial charge on any atom is -0.495 e. The van der Waals surface area contributed by atoms with E-state index in [4.69, 9.17) is 26.2 Å². The molecule has 2 aromatic rings. The van der Waals surface area contributed by atoms with Gasteiger partial charge in [0.2, 0.25) is 0 Å². The third-order valence-electron chi connectivity index (χ3n) is 2.68. The molecule has 0 saturated heterocycles. The van der Waals surface area contributed by atoms with Crippen LogP contribution in [0.3, 0.4) is 0 Å². The summed E-state index contributed by atoms with van der Waals surface area (Å²) in [6, 6.07) is 6.36. The van der Waals surface area contributed by atoms with Crippen molar-refractivity contribution in [2.24, 2.45) is 0 Å². The number of hydrogen-bond acceptors (Lipinski definition) is 3. The average Bonchev–Trinajstić information content (AvgIpc) is 2.87. The number of carbonyl (C=O) groups is 1. The summed E-state index contributed by atoms with van der Waals surface area (Å²) in [6.07, 6.45) is 1.63. The first kappa shape index (κ1) is 13.3. The topological polar surface area (TPSA) is 60.7 Å². The highest BCUT2D eigenvalue weighted by Crippen LogP contribution is 2.35. The third-order valence-corrected chi connectivity index (χ3v) is 2.98. The molecular weight excluding hydrogens is 270 g/mol. The highest BCUT2D eigenvalue weighted by Gasteiger charge is 2.16. The standard InChI is InChI=1S/C13H12ClNO4/c1-18-11-7-12(19-2)10(6-8(11)14)15-5-3-4-9(15)13(16)17/h3-7H,1-2H3,(H,16,17). The van der Waals surface area contributed by atoms with Crippen LogP contribution in [0.5, 0.6) is 11.5 Å². The lowest BCUT2D eigenvalue weighted by atomic mass is 10.2. The van der Waals surface area contributed by atoms with Crippen LogP contribution in [0.4, 0.5) is 0 Å². The number of halogens is 1. The lowest BCUT2D eigenvalue weighted by molar-refractivity contribution is 0.0688. The zero-order valence-electron chi connectivity index (χ0n) is 10.4. The summed E-state index contributed by atoms with van der Waals surface area (Å²) >= 11 is 6.07. The van der Waals surface area contributed by atoms with Crippen LogP contribution in [0.1, 0.15) is 10.5 Å². The number of nitrogens with zero attached hydrogens (tertiary/aromatic N) is 1. The normalized spacial score (nSPS) is 10.3. The SMILES string of the molecule is COc1cc(OC)c(-n2cccc2C(=O)O)cc1Cl. The monoisotopic (exact) mass is 281 g/mol. The van der Waals surface area contributed by atoms with E-state index in [1.807, 2.05) is 0 Å². The number of carboxylic acids is 1. The largest absolute Gasteiger partial charge is 0.495 e. The van der Waals surface area contributed by atoms with Crippen LogP contribution in [0.2, 0.25) is 5.02 Å². The zero-order valence-corrected chi connectivity index (χ0v) is 11.1. The van der Waals surface area contributed by atoms with Gasteiger partial charge in [0.25, 0.3) is 0 Å². The second-order valence-corrected chi connectivity index (χ2v) is 4.13. The lowest BCUT2D eigenvalue weighted by Gasteiger charge is -2.14. The molecule has 0 fully saturated rings. The molecule has 1 heterocycles. The van der Waals surface area contributed by atoms with E-state index in [0.717, 1.165) is 0 Å². The molecule has 0 aliphatic heterocycles. The number of aromatic carboxylic acids is 1. The molecule has 0 bridgehead atoms. The van der Waals surface area contributed by atoms with Gasteiger partial charge in [-0.05, 0) is 18.2 Å². The number of benzene rings is 1. The summed E-state index contributed by atoms with van der Waals surface area (Å²) < 4.78 is 11.8. The Morgan fingerprint density at radius 3 is 2.53 bits per heavy atom. The van der Waals surface area contributed by atoms with Crippen molar-refractivity contribution in [3.63, 3.8) is 0 Å². The Labute approximate surface area is 114 Å². The molecular formula is C13H12ClNO4. The quantitative estimate of drug-likeness (QED) is 0.936. The molecule has 0 radical (unpaired) electrons. The molecule has 1 aromatic heterocycles. The fourth-order valence-electron chi connectivity index (χ4n) is 1.80. The Hall–Kier alpha value is -2.14. The average molecular weight is 282 g/mol. The first-order valence-corrected chi connectivity index (χ1v) is 5.78. The highest BCUT2D eigenvalue weighted by molar-refractivity contribution is 6.32. The van der Waals surface area contributed by atoms with E-state index < -0.39 is 5.97 Å². The maximum absolute atomic E-state index is 11.1. The van der Waals surface area contributed by atoms with Gasteiger partial charge in [-0.1, -0.05) is 11.6 Å². The maximum Gasteiger partial charge on any atom is 0.352 e. The molecule has 6 heteroatoms. The smallest absolute Gasteiger partial charge is 0.352 e. The van der Waals surface area contributed by atoms with Crippen molar-refractivity contribution in [2.75, 3.05) is 14.2 Å². The summed E-state index contributed by atoms with van der Waals surface area (Å²) in [4.78, 5) is 11.1. The van der Waals surface area contributed by atoms with Crippen molar-refractivity contribution in [1.82, 2.24) is 4.57 Å². The highest BCUT2D eigenvalue weighted by atomic mass is 35.5. The van der Waals surface area contributed by atoms with Crippen LogP contribution in [0, 0.1) is 0 Å². The fraction of sp³-hybridized carbons (Fsp3) is 0.154. The van der Waals surface area contributed by atoms with Gasteiger partial charge in [0, 0.05) is 12.3 Å². The van der Waals surface area contributed by atoms with Gasteiger partial charge >= 0.3 is 5.97 Å². The third kappa shape index (κ3) is 2.37. The Kier molecular flexibility index (Phi) is 3.66. The van der Waals surface area contributed by atoms with Crippen LogP contribution >= 0.6 is 11.6 Å². The number of ether oxygens (including phenoxy) is 2. The van der Waals surface area contributed by atoms with Crippen LogP contribution in [-0.4, -0.2) is 29.9 Å². The van der Waals surface area contributed by atoms with E-state index in [0.29, 0.717) is 22.2 Å². The van der Waals surface area contributed by atoms with E-state index in [9.17, 15) is 4.79 Å². The molecule has 0 spiro atoms. The van der Waals surface area contributed by atoms with Gasteiger partial charge in [0.05, 0.1) is 24.9 Å². The summed E-state index contributed by atoms with van der Waals surface area (Å²) in [5.41, 5.74) is 0.662. The van der Waals surface area contributed by atoms with Gasteiger partial charge in [-0.2, -0.15) is 0 Å². The van der Waals surface area contributed by atoms with Crippen LogP contribution in [-0.2, 0) is 0 Å². The Morgan fingerprint density at radius 2 is 1.95 bits per heavy atom. The molecule has 2 rings (SSSR count). The minimum absolute atomic E-state index is 0.125. The summed E-state index contributed by atoms with van der Waals surface area (Å²) in [5, 5.41) is 9.51. The number of hydrogen-bond donors (Lipinski definition) is 1. The molecule has 0 aliphatic rings. The fourth-order valence-corrected chi connectivity index (χ4v) is 2.03. The summed E-state index contributed by atoms with van der Waals surface area (Å²) in [6.45, 7) is 0. The van der Waals surface area contributed by atoms with Crippen molar-refractivity contribution in [1.29, 1.82) is 0 Å². The van der Waals surface area contributed by atoms with Crippen LogP contribution in [0.15, 0.2) is 30.5 Å². The molecule has 19 heavy (non-hydrogen) atoms. The molecule has 0 unspecified atom stereocenters. The molecule has 1 aromatic carbocycles. The number of carboxylic acid groups (broad SMARTS) is 1. The number of aromatic nitrogens is 1. The predicted octanol–water partition coefficient (Wildman–Crippen LogP) is 2.85. The lowest BCUT2D eigenvalue weighted by Crippen LogP contribution is -2.07. The van der Waals surface area contributed by atoms with E-state index in [1.165, 1.54) is 24.9 Å². The van der Waals surface area contributed by atoms with Gasteiger partial charge < -0.3 is 19.1 Å². The van der Waals surface area contributed by atoms with Crippen LogP contribution < -0.4 is 9.47 Å². The Morgan fingerprint density at radius 1 is 1.26 bits per heavy atom. The second kappa shape index (κ2) is 5.24. The molecule has 0 aliphatic carbocycles. The molecule has 0 atom stereocenters. The van der Waals surface area contributed by atoms with E-state index >= 15 is 0 Å². The van der Waals surface area contributed by atoms with E-state index in [2.05, 4.69) is 0 Å². The molecule has 1 N–H and O–H groups in total. The van der Waals surface area contributed by atoms with Gasteiger partial charge in [0.1, 0.15) is 17.2 Å². The second-order valence-electron chi connectivity index (χ2n) is 3.73. The molecule has 5 nitrogen and oxygen atoms in total. The van der Waals surface area contributed by atoms with Gasteiger partial charge in [-0.25, -0.2) is 4.79 Å². The molecule has 0 amide bonds. The molecule has 100 valence electrons. The van der Waals surface area contributed by atoms with Crippen LogP contribution in [0.25, 0.3) is 5.69 Å². The van der Waals surface area contributed by atoms with E-state index in [1.54, 1.807) is 24.4 Å². The van der Waals surface area contributed by atoms with Crippen molar-refractivity contribution in [2.45, 2.75) is 0 Å². The van der Waals surface area contributed by atoms with Gasteiger partial charge in [-0.15, -0.1) is 0 Å². The van der Waals surface area contributed by atoms with Gasteiger partial charge in [0.15, 0.2) is 0 Å². The summed E-state index contributed by atoms with van der Waals surface area (Å²) in [5.74, 6) is -0.0924. The Balaban J connectivity index is 2.64. The predicted molar refractivity (Wildman–Crippen MR) is 70.8 cm³/mol. The van der Waals surface area contributed by atoms with E-state index in [-0.39, 0.29) is 5.69 Å². The van der Waals surface area contributed by atoms with Crippen molar-refractivity contribution in [3.05, 3.63) is 41.2 Å². The summed E-state index contributed by atoms with van der Waals surface area (Å²) in [7, 11) is 2.99.